The molecule has 2 aromatic carbocycles. The van der Waals surface area contributed by atoms with Crippen LogP contribution in [-0.2, 0) is 11.2 Å². The lowest BCUT2D eigenvalue weighted by atomic mass is 10.0. The maximum absolute atomic E-state index is 12.8. The summed E-state index contributed by atoms with van der Waals surface area (Å²) in [5, 5.41) is 4.69. The van der Waals surface area contributed by atoms with Gasteiger partial charge in [0, 0.05) is 17.6 Å². The summed E-state index contributed by atoms with van der Waals surface area (Å²) in [5.41, 5.74) is 2.73. The Kier molecular flexibility index (Phi) is 5.76. The lowest BCUT2D eigenvalue weighted by molar-refractivity contribution is -0.131. The number of amides is 1. The molecule has 3 rings (SSSR count). The molecule has 1 heterocycles. The molecule has 0 N–H and O–H groups in total. The zero-order valence-corrected chi connectivity index (χ0v) is 16.2. The van der Waals surface area contributed by atoms with Crippen molar-refractivity contribution in [3.05, 3.63) is 71.3 Å². The van der Waals surface area contributed by atoms with E-state index in [4.69, 9.17) is 16.3 Å². The fraction of sp³-hybridized carbons (Fsp3) is 0.250. The number of carbonyl (C=O) groups excluding carboxylic acids is 1. The first kappa shape index (κ1) is 18.9. The summed E-state index contributed by atoms with van der Waals surface area (Å²) in [7, 11) is 3.38. The van der Waals surface area contributed by atoms with Crippen LogP contribution in [0.1, 0.15) is 24.1 Å². The maximum Gasteiger partial charge on any atom is 0.227 e. The van der Waals surface area contributed by atoms with Gasteiger partial charge in [-0.3, -0.25) is 4.79 Å². The summed E-state index contributed by atoms with van der Waals surface area (Å²) in [5.74, 6) is 0.648. The number of benzene rings is 2. The van der Waals surface area contributed by atoms with E-state index in [0.717, 1.165) is 16.8 Å². The molecule has 0 aliphatic rings. The van der Waals surface area contributed by atoms with Crippen LogP contribution in [0.3, 0.4) is 0 Å². The van der Waals surface area contributed by atoms with Gasteiger partial charge in [0.15, 0.2) is 0 Å². The number of carbonyl (C=O) groups is 1. The molecule has 1 atom stereocenters. The predicted molar refractivity (Wildman–Crippen MR) is 104 cm³/mol. The summed E-state index contributed by atoms with van der Waals surface area (Å²) in [4.78, 5) is 18.4. The molecule has 1 amide bonds. The molecular formula is C20H21ClN4O2. The van der Waals surface area contributed by atoms with Crippen molar-refractivity contribution in [2.24, 2.45) is 0 Å². The van der Waals surface area contributed by atoms with Gasteiger partial charge >= 0.3 is 0 Å². The molecule has 0 bridgehead atoms. The number of hydrogen-bond acceptors (Lipinski definition) is 4. The Morgan fingerprint density at radius 2 is 2.00 bits per heavy atom. The number of methoxy groups -OCH3 is 1. The van der Waals surface area contributed by atoms with Crippen LogP contribution in [0.25, 0.3) is 5.69 Å². The average Bonchev–Trinajstić information content (AvgIpc) is 3.22. The molecule has 0 aliphatic carbocycles. The van der Waals surface area contributed by atoms with Crippen molar-refractivity contribution in [2.45, 2.75) is 19.4 Å². The number of likely N-dealkylation sites (N-methyl/N-ethyl adjacent to an activating group) is 1. The van der Waals surface area contributed by atoms with E-state index in [2.05, 4.69) is 10.1 Å². The van der Waals surface area contributed by atoms with Gasteiger partial charge in [0.05, 0.1) is 25.3 Å². The van der Waals surface area contributed by atoms with E-state index in [1.807, 2.05) is 31.2 Å². The van der Waals surface area contributed by atoms with Crippen LogP contribution in [0, 0.1) is 0 Å². The SMILES string of the molecule is COc1ccc(Cl)cc1CC(=O)N(C)[C@H](C)c1ccc(-n2cncn2)cc1. The number of hydrogen-bond donors (Lipinski definition) is 0. The Hall–Kier alpha value is -2.86. The molecule has 140 valence electrons. The third-order valence-electron chi connectivity index (χ3n) is 4.62. The predicted octanol–water partition coefficient (Wildman–Crippen LogP) is 3.69. The van der Waals surface area contributed by atoms with Crippen LogP contribution in [0.2, 0.25) is 5.02 Å². The molecule has 0 unspecified atom stereocenters. The van der Waals surface area contributed by atoms with Crippen molar-refractivity contribution >= 4 is 17.5 Å². The zero-order valence-electron chi connectivity index (χ0n) is 15.5. The second kappa shape index (κ2) is 8.22. The Morgan fingerprint density at radius 3 is 2.63 bits per heavy atom. The van der Waals surface area contributed by atoms with Gasteiger partial charge in [0.25, 0.3) is 0 Å². The quantitative estimate of drug-likeness (QED) is 0.650. The third kappa shape index (κ3) is 4.28. The summed E-state index contributed by atoms with van der Waals surface area (Å²) < 4.78 is 7.02. The largest absolute Gasteiger partial charge is 0.496 e. The first-order chi connectivity index (χ1) is 13.0. The highest BCUT2D eigenvalue weighted by Crippen LogP contribution is 2.25. The smallest absolute Gasteiger partial charge is 0.227 e. The number of halogens is 1. The Labute approximate surface area is 163 Å². The second-order valence-corrected chi connectivity index (χ2v) is 6.68. The minimum Gasteiger partial charge on any atom is -0.496 e. The summed E-state index contributed by atoms with van der Waals surface area (Å²) >= 11 is 6.06. The van der Waals surface area contributed by atoms with Gasteiger partial charge < -0.3 is 9.64 Å². The fourth-order valence-corrected chi connectivity index (χ4v) is 3.05. The topological polar surface area (TPSA) is 60.2 Å². The molecule has 1 aromatic heterocycles. The van der Waals surface area contributed by atoms with E-state index < -0.39 is 0 Å². The lowest BCUT2D eigenvalue weighted by Gasteiger charge is -2.26. The van der Waals surface area contributed by atoms with Crippen LogP contribution in [0.5, 0.6) is 5.75 Å². The molecule has 3 aromatic rings. The molecule has 0 radical (unpaired) electrons. The average molecular weight is 385 g/mol. The van der Waals surface area contributed by atoms with Crippen LogP contribution in [0.15, 0.2) is 55.1 Å². The van der Waals surface area contributed by atoms with Crippen LogP contribution < -0.4 is 4.74 Å². The van der Waals surface area contributed by atoms with E-state index in [0.29, 0.717) is 10.8 Å². The van der Waals surface area contributed by atoms with Crippen molar-refractivity contribution < 1.29 is 9.53 Å². The van der Waals surface area contributed by atoms with Gasteiger partial charge in [-0.25, -0.2) is 9.67 Å². The minimum absolute atomic E-state index is 0.0107. The summed E-state index contributed by atoms with van der Waals surface area (Å²) in [6, 6.07) is 13.1. The molecular weight excluding hydrogens is 364 g/mol. The molecule has 27 heavy (non-hydrogen) atoms. The molecule has 0 saturated heterocycles. The fourth-order valence-electron chi connectivity index (χ4n) is 2.86. The van der Waals surface area contributed by atoms with E-state index in [9.17, 15) is 4.79 Å². The lowest BCUT2D eigenvalue weighted by Crippen LogP contribution is -2.31. The van der Waals surface area contributed by atoms with Gasteiger partial charge in [-0.15, -0.1) is 0 Å². The van der Waals surface area contributed by atoms with Gasteiger partial charge in [-0.05, 0) is 42.8 Å². The molecule has 7 heteroatoms. The van der Waals surface area contributed by atoms with Gasteiger partial charge in [0.1, 0.15) is 18.4 Å². The van der Waals surface area contributed by atoms with E-state index >= 15 is 0 Å². The van der Waals surface area contributed by atoms with Crippen LogP contribution in [-0.4, -0.2) is 39.7 Å². The van der Waals surface area contributed by atoms with Crippen molar-refractivity contribution in [3.8, 4) is 11.4 Å². The second-order valence-electron chi connectivity index (χ2n) is 6.25. The van der Waals surface area contributed by atoms with Gasteiger partial charge in [-0.1, -0.05) is 23.7 Å². The van der Waals surface area contributed by atoms with E-state index in [1.165, 1.54) is 6.33 Å². The Bertz CT molecular complexity index is 910. The van der Waals surface area contributed by atoms with Crippen molar-refractivity contribution in [3.63, 3.8) is 0 Å². The van der Waals surface area contributed by atoms with Crippen molar-refractivity contribution in [1.29, 1.82) is 0 Å². The van der Waals surface area contributed by atoms with Crippen molar-refractivity contribution in [1.82, 2.24) is 19.7 Å². The van der Waals surface area contributed by atoms with Gasteiger partial charge in [-0.2, -0.15) is 5.10 Å². The molecule has 0 aliphatic heterocycles. The monoisotopic (exact) mass is 384 g/mol. The zero-order chi connectivity index (χ0) is 19.4. The summed E-state index contributed by atoms with van der Waals surface area (Å²) in [6.45, 7) is 2.00. The number of ether oxygens (including phenoxy) is 1. The third-order valence-corrected chi connectivity index (χ3v) is 4.85. The van der Waals surface area contributed by atoms with E-state index in [1.54, 1.807) is 48.3 Å². The molecule has 0 fully saturated rings. The Balaban J connectivity index is 1.72. The standard InChI is InChI=1S/C20H21ClN4O2/c1-14(15-4-7-18(8-5-15)25-13-22-12-23-25)24(2)20(26)11-16-10-17(21)6-9-19(16)27-3/h4-10,12-14H,11H2,1-3H3/t14-/m1/s1. The summed E-state index contributed by atoms with van der Waals surface area (Å²) in [6.07, 6.45) is 3.36. The molecule has 6 nitrogen and oxygen atoms in total. The van der Waals surface area contributed by atoms with Gasteiger partial charge in [0.2, 0.25) is 5.91 Å². The maximum atomic E-state index is 12.8. The Morgan fingerprint density at radius 1 is 1.26 bits per heavy atom. The number of rotatable bonds is 6. The molecule has 0 saturated carbocycles. The number of nitrogens with zero attached hydrogens (tertiary/aromatic N) is 4. The first-order valence-electron chi connectivity index (χ1n) is 8.52. The highest BCUT2D eigenvalue weighted by atomic mass is 35.5. The van der Waals surface area contributed by atoms with Crippen molar-refractivity contribution in [2.75, 3.05) is 14.2 Å². The highest BCUT2D eigenvalue weighted by molar-refractivity contribution is 6.30. The van der Waals surface area contributed by atoms with Crippen LogP contribution >= 0.6 is 11.6 Å². The molecule has 0 spiro atoms. The van der Waals surface area contributed by atoms with E-state index in [-0.39, 0.29) is 18.4 Å². The number of aromatic nitrogens is 3. The highest BCUT2D eigenvalue weighted by Gasteiger charge is 2.19. The van der Waals surface area contributed by atoms with Crippen LogP contribution in [0.4, 0.5) is 0 Å². The normalized spacial score (nSPS) is 11.9. The minimum atomic E-state index is -0.0764. The first-order valence-corrected chi connectivity index (χ1v) is 8.90.